The molecule has 3 aliphatic rings. The maximum Gasteiger partial charge on any atom is 0.407 e. The molecule has 9 heteroatoms. The summed E-state index contributed by atoms with van der Waals surface area (Å²) < 4.78 is 5.45. The van der Waals surface area contributed by atoms with Crippen LogP contribution in [-0.4, -0.2) is 59.0 Å². The standard InChI is InChI=1S/C30H44N4O5/c1-29(2,3)16-17-33(20-12-10-19(11-13-20)31-28(38)39-30(4,5)6)23-9-7-8-21-22(23)18-34(27(21)37)24-14-15-25(35)32-26(24)36/h7-9,19-20,24H,10-18H2,1-6H3,(H,31,38)(H,32,35,36). The van der Waals surface area contributed by atoms with E-state index in [0.717, 1.165) is 49.9 Å². The topological polar surface area (TPSA) is 108 Å². The van der Waals surface area contributed by atoms with Crippen molar-refractivity contribution in [2.24, 2.45) is 5.41 Å². The fourth-order valence-corrected chi connectivity index (χ4v) is 5.80. The Morgan fingerprint density at radius 1 is 1.05 bits per heavy atom. The zero-order valence-electron chi connectivity index (χ0n) is 24.3. The van der Waals surface area contributed by atoms with Gasteiger partial charge in [-0.1, -0.05) is 26.8 Å². The van der Waals surface area contributed by atoms with Crippen LogP contribution in [0.15, 0.2) is 18.2 Å². The number of rotatable bonds is 6. The molecule has 1 aliphatic carbocycles. The molecule has 39 heavy (non-hydrogen) atoms. The van der Waals surface area contributed by atoms with Crippen LogP contribution in [0.2, 0.25) is 0 Å². The van der Waals surface area contributed by atoms with Gasteiger partial charge in [-0.25, -0.2) is 4.79 Å². The number of carbonyl (C=O) groups is 4. The lowest BCUT2D eigenvalue weighted by atomic mass is 9.87. The molecule has 1 unspecified atom stereocenters. The summed E-state index contributed by atoms with van der Waals surface area (Å²) in [6, 6.07) is 5.58. The molecule has 0 bridgehead atoms. The van der Waals surface area contributed by atoms with E-state index in [1.54, 1.807) is 4.90 Å². The third-order valence-electron chi connectivity index (χ3n) is 7.83. The van der Waals surface area contributed by atoms with Crippen molar-refractivity contribution in [3.8, 4) is 0 Å². The van der Waals surface area contributed by atoms with Gasteiger partial charge >= 0.3 is 6.09 Å². The van der Waals surface area contributed by atoms with Gasteiger partial charge in [0.1, 0.15) is 11.6 Å². The van der Waals surface area contributed by atoms with Gasteiger partial charge in [0.2, 0.25) is 11.8 Å². The maximum absolute atomic E-state index is 13.4. The summed E-state index contributed by atoms with van der Waals surface area (Å²) in [7, 11) is 0. The molecule has 2 fully saturated rings. The number of nitrogens with zero attached hydrogens (tertiary/aromatic N) is 2. The molecule has 4 amide bonds. The van der Waals surface area contributed by atoms with Gasteiger partial charge in [-0.05, 0) is 76.8 Å². The fraction of sp³-hybridized carbons (Fsp3) is 0.667. The van der Waals surface area contributed by atoms with Gasteiger partial charge in [-0.3, -0.25) is 19.7 Å². The van der Waals surface area contributed by atoms with E-state index in [1.807, 2.05) is 32.9 Å². The second kappa shape index (κ2) is 11.2. The second-order valence-corrected chi connectivity index (χ2v) is 13.4. The first-order valence-corrected chi connectivity index (χ1v) is 14.2. The Hall–Kier alpha value is -3.10. The van der Waals surface area contributed by atoms with Crippen LogP contribution in [0.3, 0.4) is 0 Å². The molecule has 1 aromatic carbocycles. The SMILES string of the molecule is CC(C)(C)CCN(c1cccc2c1CN(C1CCC(=O)NC1=O)C2=O)C1CCC(NC(=O)OC(C)(C)C)CC1. The van der Waals surface area contributed by atoms with E-state index in [2.05, 4.69) is 42.4 Å². The second-order valence-electron chi connectivity index (χ2n) is 13.4. The molecule has 0 spiro atoms. The summed E-state index contributed by atoms with van der Waals surface area (Å²) in [6.45, 7) is 13.5. The Bertz CT molecular complexity index is 1110. The van der Waals surface area contributed by atoms with Crippen LogP contribution in [0, 0.1) is 5.41 Å². The average Bonchev–Trinajstić information content (AvgIpc) is 3.15. The van der Waals surface area contributed by atoms with Gasteiger partial charge in [-0.15, -0.1) is 0 Å². The molecule has 4 rings (SSSR count). The lowest BCUT2D eigenvalue weighted by Gasteiger charge is -2.40. The number of nitrogens with one attached hydrogen (secondary N) is 2. The van der Waals surface area contributed by atoms with Gasteiger partial charge in [0.25, 0.3) is 5.91 Å². The number of piperidine rings is 1. The van der Waals surface area contributed by atoms with E-state index in [4.69, 9.17) is 4.74 Å². The number of carbonyl (C=O) groups excluding carboxylic acids is 4. The van der Waals surface area contributed by atoms with Crippen molar-refractivity contribution in [3.63, 3.8) is 0 Å². The zero-order valence-corrected chi connectivity index (χ0v) is 24.3. The third-order valence-corrected chi connectivity index (χ3v) is 7.83. The number of hydrogen-bond donors (Lipinski definition) is 2. The van der Waals surface area contributed by atoms with Crippen LogP contribution >= 0.6 is 0 Å². The highest BCUT2D eigenvalue weighted by Gasteiger charge is 2.41. The highest BCUT2D eigenvalue weighted by atomic mass is 16.6. The smallest absolute Gasteiger partial charge is 0.407 e. The van der Waals surface area contributed by atoms with E-state index in [0.29, 0.717) is 18.5 Å². The zero-order chi connectivity index (χ0) is 28.5. The first kappa shape index (κ1) is 28.9. The third kappa shape index (κ3) is 7.11. The summed E-state index contributed by atoms with van der Waals surface area (Å²) in [4.78, 5) is 54.1. The van der Waals surface area contributed by atoms with Crippen LogP contribution in [0.25, 0.3) is 0 Å². The molecule has 1 saturated carbocycles. The first-order chi connectivity index (χ1) is 18.2. The maximum atomic E-state index is 13.4. The van der Waals surface area contributed by atoms with Crippen LogP contribution in [0.5, 0.6) is 0 Å². The van der Waals surface area contributed by atoms with Crippen LogP contribution < -0.4 is 15.5 Å². The van der Waals surface area contributed by atoms with Crippen molar-refractivity contribution in [2.75, 3.05) is 11.4 Å². The van der Waals surface area contributed by atoms with E-state index in [-0.39, 0.29) is 41.8 Å². The highest BCUT2D eigenvalue weighted by Crippen LogP contribution is 2.38. The molecule has 0 aromatic heterocycles. The van der Waals surface area contributed by atoms with Crippen LogP contribution in [0.1, 0.15) is 102 Å². The average molecular weight is 541 g/mol. The number of imide groups is 1. The number of hydrogen-bond acceptors (Lipinski definition) is 6. The Balaban J connectivity index is 1.52. The quantitative estimate of drug-likeness (QED) is 0.514. The van der Waals surface area contributed by atoms with Crippen molar-refractivity contribution in [1.82, 2.24) is 15.5 Å². The predicted octanol–water partition coefficient (Wildman–Crippen LogP) is 4.53. The van der Waals surface area contributed by atoms with Gasteiger partial charge in [0.05, 0.1) is 0 Å². The van der Waals surface area contributed by atoms with Gasteiger partial charge in [0, 0.05) is 48.4 Å². The van der Waals surface area contributed by atoms with E-state index < -0.39 is 17.6 Å². The minimum Gasteiger partial charge on any atom is -0.444 e. The summed E-state index contributed by atoms with van der Waals surface area (Å²) in [6.07, 6.45) is 4.74. The predicted molar refractivity (Wildman–Crippen MR) is 149 cm³/mol. The monoisotopic (exact) mass is 540 g/mol. The van der Waals surface area contributed by atoms with Crippen LogP contribution in [0.4, 0.5) is 10.5 Å². The van der Waals surface area contributed by atoms with E-state index >= 15 is 0 Å². The van der Waals surface area contributed by atoms with Crippen molar-refractivity contribution in [3.05, 3.63) is 29.3 Å². The van der Waals surface area contributed by atoms with Crippen LogP contribution in [-0.2, 0) is 20.9 Å². The summed E-state index contributed by atoms with van der Waals surface area (Å²) in [5, 5.41) is 5.42. The van der Waals surface area contributed by atoms with Crippen molar-refractivity contribution in [1.29, 1.82) is 0 Å². The highest BCUT2D eigenvalue weighted by molar-refractivity contribution is 6.06. The molecule has 2 N–H and O–H groups in total. The van der Waals surface area contributed by atoms with E-state index in [1.165, 1.54) is 0 Å². The molecule has 1 saturated heterocycles. The minimum absolute atomic E-state index is 0.0756. The van der Waals surface area contributed by atoms with Crippen molar-refractivity contribution >= 4 is 29.5 Å². The molecule has 9 nitrogen and oxygen atoms in total. The summed E-state index contributed by atoms with van der Waals surface area (Å²) in [5.74, 6) is -0.831. The van der Waals surface area contributed by atoms with Crippen molar-refractivity contribution < 1.29 is 23.9 Å². The van der Waals surface area contributed by atoms with E-state index in [9.17, 15) is 19.2 Å². The fourth-order valence-electron chi connectivity index (χ4n) is 5.80. The minimum atomic E-state index is -0.632. The molecular weight excluding hydrogens is 496 g/mol. The first-order valence-electron chi connectivity index (χ1n) is 14.2. The number of ether oxygens (including phenoxy) is 1. The number of fused-ring (bicyclic) bond motifs is 1. The summed E-state index contributed by atoms with van der Waals surface area (Å²) >= 11 is 0. The van der Waals surface area contributed by atoms with Gasteiger partial charge in [0.15, 0.2) is 0 Å². The normalized spacial score (nSPS) is 23.8. The molecule has 1 aromatic rings. The lowest BCUT2D eigenvalue weighted by molar-refractivity contribution is -0.136. The molecule has 2 heterocycles. The lowest BCUT2D eigenvalue weighted by Crippen LogP contribution is -2.52. The molecule has 2 aliphatic heterocycles. The molecule has 214 valence electrons. The molecular formula is C30H44N4O5. The summed E-state index contributed by atoms with van der Waals surface area (Å²) in [5.41, 5.74) is 2.25. The van der Waals surface area contributed by atoms with Gasteiger partial charge < -0.3 is 19.9 Å². The molecule has 0 radical (unpaired) electrons. The number of amides is 4. The Morgan fingerprint density at radius 2 is 1.74 bits per heavy atom. The number of anilines is 1. The Morgan fingerprint density at radius 3 is 2.36 bits per heavy atom. The Labute approximate surface area is 232 Å². The van der Waals surface area contributed by atoms with Crippen molar-refractivity contribution in [2.45, 2.75) is 117 Å². The number of benzene rings is 1. The van der Waals surface area contributed by atoms with Gasteiger partial charge in [-0.2, -0.15) is 0 Å². The molecule has 1 atom stereocenters. The Kier molecular flexibility index (Phi) is 8.28. The largest absolute Gasteiger partial charge is 0.444 e. The number of alkyl carbamates (subject to hydrolysis) is 1.